The largest absolute Gasteiger partial charge is 0.456 e. The quantitative estimate of drug-likeness (QED) is 0.321. The Bertz CT molecular complexity index is 1340. The van der Waals surface area contributed by atoms with E-state index in [-0.39, 0.29) is 36.5 Å². The molecule has 2 atom stereocenters. The Balaban J connectivity index is 1.19. The zero-order chi connectivity index (χ0) is 23.1. The summed E-state index contributed by atoms with van der Waals surface area (Å²) in [5, 5.41) is 2.00. The predicted octanol–water partition coefficient (Wildman–Crippen LogP) is 6.74. The lowest BCUT2D eigenvalue weighted by molar-refractivity contribution is 0.00473. The maximum atomic E-state index is 13.6. The van der Waals surface area contributed by atoms with Crippen LogP contribution in [0.4, 0.5) is 4.79 Å². The van der Waals surface area contributed by atoms with Gasteiger partial charge >= 0.3 is 6.09 Å². The number of amides is 1. The van der Waals surface area contributed by atoms with Crippen molar-refractivity contribution in [3.63, 3.8) is 0 Å². The third kappa shape index (κ3) is 3.75. The van der Waals surface area contributed by atoms with Crippen LogP contribution in [0, 0.1) is 5.92 Å². The molecule has 1 aromatic heterocycles. The van der Waals surface area contributed by atoms with Crippen molar-refractivity contribution in [2.75, 3.05) is 0 Å². The van der Waals surface area contributed by atoms with Crippen molar-refractivity contribution >= 4 is 33.8 Å². The maximum Gasteiger partial charge on any atom is 0.410 e. The molecular weight excluding hydrogens is 426 g/mol. The van der Waals surface area contributed by atoms with Crippen LogP contribution in [-0.2, 0) is 11.3 Å². The van der Waals surface area contributed by atoms with Crippen molar-refractivity contribution in [1.29, 1.82) is 0 Å². The number of para-hydroxylation sites is 1. The van der Waals surface area contributed by atoms with Crippen molar-refractivity contribution in [3.8, 4) is 0 Å². The lowest BCUT2D eigenvalue weighted by Gasteiger charge is -2.47. The van der Waals surface area contributed by atoms with E-state index in [1.54, 1.807) is 0 Å². The molecule has 172 valence electrons. The van der Waals surface area contributed by atoms with E-state index < -0.39 is 0 Å². The van der Waals surface area contributed by atoms with E-state index in [4.69, 9.17) is 9.15 Å². The zero-order valence-electron chi connectivity index (χ0n) is 19.0. The SMILES string of the molecule is O=C(c1ccc2oc3ccccc3c2c1)C1CC2CCCC(C1)N2C(=O)OCc1ccccc1. The molecule has 0 N–H and O–H groups in total. The van der Waals surface area contributed by atoms with Crippen LogP contribution in [0.3, 0.4) is 0 Å². The van der Waals surface area contributed by atoms with Gasteiger partial charge in [-0.25, -0.2) is 4.79 Å². The summed E-state index contributed by atoms with van der Waals surface area (Å²) < 4.78 is 11.6. The lowest BCUT2D eigenvalue weighted by atomic mass is 9.76. The first-order valence-corrected chi connectivity index (χ1v) is 12.1. The molecule has 3 aromatic carbocycles. The van der Waals surface area contributed by atoms with Gasteiger partial charge in [0.05, 0.1) is 0 Å². The van der Waals surface area contributed by atoms with Crippen molar-refractivity contribution < 1.29 is 18.7 Å². The van der Waals surface area contributed by atoms with Crippen molar-refractivity contribution in [1.82, 2.24) is 4.90 Å². The molecule has 2 saturated heterocycles. The van der Waals surface area contributed by atoms with Gasteiger partial charge < -0.3 is 14.1 Å². The number of Topliss-reactive ketones (excluding diaryl/α,β-unsaturated/α-hetero) is 1. The number of carbonyl (C=O) groups is 2. The summed E-state index contributed by atoms with van der Waals surface area (Å²) in [5.41, 5.74) is 3.33. The molecule has 6 rings (SSSR count). The molecule has 5 nitrogen and oxygen atoms in total. The smallest absolute Gasteiger partial charge is 0.410 e. The molecule has 3 heterocycles. The summed E-state index contributed by atoms with van der Waals surface area (Å²) in [4.78, 5) is 28.5. The minimum absolute atomic E-state index is 0.0585. The highest BCUT2D eigenvalue weighted by atomic mass is 16.6. The number of benzene rings is 3. The van der Waals surface area contributed by atoms with Crippen LogP contribution in [0.1, 0.15) is 48.0 Å². The number of hydrogen-bond donors (Lipinski definition) is 0. The van der Waals surface area contributed by atoms with Gasteiger partial charge in [0.2, 0.25) is 0 Å². The maximum absolute atomic E-state index is 13.6. The first kappa shape index (κ1) is 21.0. The topological polar surface area (TPSA) is 59.8 Å². The van der Waals surface area contributed by atoms with Crippen LogP contribution < -0.4 is 0 Å². The lowest BCUT2D eigenvalue weighted by Crippen LogP contribution is -2.55. The molecule has 5 heteroatoms. The monoisotopic (exact) mass is 453 g/mol. The van der Waals surface area contributed by atoms with E-state index in [0.717, 1.165) is 52.3 Å². The summed E-state index contributed by atoms with van der Waals surface area (Å²) in [6.07, 6.45) is 4.07. The third-order valence-electron chi connectivity index (χ3n) is 7.42. The highest BCUT2D eigenvalue weighted by Gasteiger charge is 2.43. The number of piperidine rings is 2. The van der Waals surface area contributed by atoms with Gasteiger partial charge in [-0.05, 0) is 61.9 Å². The second-order valence-electron chi connectivity index (χ2n) is 9.53. The molecule has 2 bridgehead atoms. The molecule has 4 aromatic rings. The number of fused-ring (bicyclic) bond motifs is 5. The van der Waals surface area contributed by atoms with E-state index in [2.05, 4.69) is 0 Å². The first-order chi connectivity index (χ1) is 16.7. The van der Waals surface area contributed by atoms with Crippen LogP contribution in [0.25, 0.3) is 21.9 Å². The van der Waals surface area contributed by atoms with Gasteiger partial charge in [0.25, 0.3) is 0 Å². The molecule has 2 fully saturated rings. The molecule has 1 amide bonds. The number of carbonyl (C=O) groups excluding carboxylic acids is 2. The summed E-state index contributed by atoms with van der Waals surface area (Å²) >= 11 is 0. The Morgan fingerprint density at radius 2 is 1.56 bits per heavy atom. The Morgan fingerprint density at radius 1 is 0.853 bits per heavy atom. The van der Waals surface area contributed by atoms with Gasteiger partial charge in [-0.15, -0.1) is 0 Å². The van der Waals surface area contributed by atoms with E-state index in [0.29, 0.717) is 12.8 Å². The van der Waals surface area contributed by atoms with Crippen LogP contribution in [0.15, 0.2) is 77.2 Å². The predicted molar refractivity (Wildman–Crippen MR) is 131 cm³/mol. The van der Waals surface area contributed by atoms with Crippen molar-refractivity contribution in [2.24, 2.45) is 5.92 Å². The number of nitrogens with zero attached hydrogens (tertiary/aromatic N) is 1. The van der Waals surface area contributed by atoms with Crippen molar-refractivity contribution in [3.05, 3.63) is 83.9 Å². The number of ether oxygens (including phenoxy) is 1. The van der Waals surface area contributed by atoms with Gasteiger partial charge in [0, 0.05) is 34.3 Å². The van der Waals surface area contributed by atoms with E-state index in [9.17, 15) is 9.59 Å². The van der Waals surface area contributed by atoms with E-state index >= 15 is 0 Å². The first-order valence-electron chi connectivity index (χ1n) is 12.1. The minimum Gasteiger partial charge on any atom is -0.456 e. The van der Waals surface area contributed by atoms with Crippen LogP contribution >= 0.6 is 0 Å². The normalized spacial score (nSPS) is 22.1. The molecule has 2 aliphatic rings. The molecule has 0 saturated carbocycles. The number of hydrogen-bond acceptors (Lipinski definition) is 4. The number of ketones is 1. The average molecular weight is 454 g/mol. The van der Waals surface area contributed by atoms with E-state index in [1.807, 2.05) is 77.7 Å². The fraction of sp³-hybridized carbons (Fsp3) is 0.310. The number of furan rings is 1. The standard InChI is InChI=1S/C29H27NO4/c31-28(20-13-14-27-25(17-20)24-11-4-5-12-26(24)34-27)21-15-22-9-6-10-23(16-21)30(22)29(32)33-18-19-7-2-1-3-8-19/h1-5,7-8,11-14,17,21-23H,6,9-10,15-16,18H2. The number of rotatable bonds is 4. The van der Waals surface area contributed by atoms with Gasteiger partial charge in [0.15, 0.2) is 5.78 Å². The molecule has 2 unspecified atom stereocenters. The Morgan fingerprint density at radius 3 is 2.35 bits per heavy atom. The Kier molecular flexibility index (Phi) is 5.33. The van der Waals surface area contributed by atoms with Gasteiger partial charge in [-0.3, -0.25) is 4.79 Å². The summed E-state index contributed by atoms with van der Waals surface area (Å²) in [6.45, 7) is 0.274. The van der Waals surface area contributed by atoms with Crippen molar-refractivity contribution in [2.45, 2.75) is 50.8 Å². The summed E-state index contributed by atoms with van der Waals surface area (Å²) in [5.74, 6) is 0.0884. The second kappa shape index (κ2) is 8.64. The molecule has 0 aliphatic carbocycles. The average Bonchev–Trinajstić information content (AvgIpc) is 3.24. The van der Waals surface area contributed by atoms with Crippen LogP contribution in [0.2, 0.25) is 0 Å². The Labute approximate surface area is 198 Å². The third-order valence-corrected chi connectivity index (χ3v) is 7.42. The molecule has 34 heavy (non-hydrogen) atoms. The van der Waals surface area contributed by atoms with Gasteiger partial charge in [-0.2, -0.15) is 0 Å². The van der Waals surface area contributed by atoms with Gasteiger partial charge in [0.1, 0.15) is 17.8 Å². The fourth-order valence-corrected chi connectivity index (χ4v) is 5.80. The fourth-order valence-electron chi connectivity index (χ4n) is 5.80. The van der Waals surface area contributed by atoms with E-state index in [1.165, 1.54) is 0 Å². The van der Waals surface area contributed by atoms with Crippen LogP contribution in [0.5, 0.6) is 0 Å². The summed E-state index contributed by atoms with van der Waals surface area (Å²) in [7, 11) is 0. The highest BCUT2D eigenvalue weighted by Crippen LogP contribution is 2.39. The Hall–Kier alpha value is -3.60. The van der Waals surface area contributed by atoms with Gasteiger partial charge in [-0.1, -0.05) is 48.5 Å². The molecule has 0 spiro atoms. The second-order valence-corrected chi connectivity index (χ2v) is 9.53. The molecule has 0 radical (unpaired) electrons. The molecule has 2 aliphatic heterocycles. The van der Waals surface area contributed by atoms with Crippen LogP contribution in [-0.4, -0.2) is 28.9 Å². The minimum atomic E-state index is -0.254. The molecular formula is C29H27NO4. The highest BCUT2D eigenvalue weighted by molar-refractivity contribution is 6.09. The summed E-state index contributed by atoms with van der Waals surface area (Å²) in [6, 6.07) is 23.5. The zero-order valence-corrected chi connectivity index (χ0v) is 19.0.